The number of urea groups is 1. The van der Waals surface area contributed by atoms with Crippen LogP contribution in [0, 0.1) is 17.0 Å². The van der Waals surface area contributed by atoms with E-state index in [1.165, 1.54) is 30.3 Å². The van der Waals surface area contributed by atoms with Crippen LogP contribution in [-0.2, 0) is 9.59 Å². The van der Waals surface area contributed by atoms with Gasteiger partial charge in [0.25, 0.3) is 17.5 Å². The number of imide groups is 2. The van der Waals surface area contributed by atoms with Crippen molar-refractivity contribution >= 4 is 35.3 Å². The molecule has 4 amide bonds. The summed E-state index contributed by atoms with van der Waals surface area (Å²) in [5, 5.41) is 12.9. The molecule has 0 radical (unpaired) electrons. The molecule has 4 rings (SSSR count). The molecule has 3 aromatic rings. The van der Waals surface area contributed by atoms with Crippen molar-refractivity contribution in [2.45, 2.75) is 6.92 Å². The lowest BCUT2D eigenvalue weighted by Crippen LogP contribution is -2.54. The van der Waals surface area contributed by atoms with Gasteiger partial charge in [0.05, 0.1) is 10.6 Å². The first-order valence-electron chi connectivity index (χ1n) is 10.9. The number of nitrogens with one attached hydrogen (secondary N) is 1. The molecule has 1 aliphatic rings. The Hall–Kier alpha value is -4.99. The number of carbonyl (C=O) groups excluding carboxylic acids is 3. The second-order valence-electron chi connectivity index (χ2n) is 7.78. The first-order chi connectivity index (χ1) is 17.3. The molecule has 0 atom stereocenters. The Morgan fingerprint density at radius 2 is 1.58 bits per heavy atom. The molecule has 182 valence electrons. The Morgan fingerprint density at radius 3 is 2.28 bits per heavy atom. The van der Waals surface area contributed by atoms with Crippen molar-refractivity contribution in [3.05, 3.63) is 99.6 Å². The average molecular weight is 487 g/mol. The molecule has 10 heteroatoms. The first-order valence-corrected chi connectivity index (χ1v) is 10.9. The van der Waals surface area contributed by atoms with Gasteiger partial charge in [0.15, 0.2) is 0 Å². The van der Waals surface area contributed by atoms with E-state index in [1.807, 2.05) is 6.92 Å². The predicted molar refractivity (Wildman–Crippen MR) is 131 cm³/mol. The Morgan fingerprint density at radius 1 is 0.917 bits per heavy atom. The highest BCUT2D eigenvalue weighted by atomic mass is 16.6. The number of benzene rings is 3. The van der Waals surface area contributed by atoms with Crippen LogP contribution in [0.2, 0.25) is 0 Å². The summed E-state index contributed by atoms with van der Waals surface area (Å²) < 4.78 is 11.3. The summed E-state index contributed by atoms with van der Waals surface area (Å²) in [6.45, 7) is 2.16. The average Bonchev–Trinajstić information content (AvgIpc) is 2.86. The maximum absolute atomic E-state index is 13.1. The van der Waals surface area contributed by atoms with E-state index in [-0.39, 0.29) is 24.5 Å². The zero-order valence-electron chi connectivity index (χ0n) is 19.2. The molecule has 36 heavy (non-hydrogen) atoms. The molecular weight excluding hydrogens is 466 g/mol. The quantitative estimate of drug-likeness (QED) is 0.167. The molecule has 1 heterocycles. The van der Waals surface area contributed by atoms with E-state index in [1.54, 1.807) is 48.5 Å². The molecule has 0 spiro atoms. The number of nitro benzene ring substituents is 1. The lowest BCUT2D eigenvalue weighted by atomic mass is 10.1. The third-order valence-corrected chi connectivity index (χ3v) is 5.27. The molecule has 0 bridgehead atoms. The number of barbiturate groups is 1. The van der Waals surface area contributed by atoms with Crippen LogP contribution < -0.4 is 19.7 Å². The lowest BCUT2D eigenvalue weighted by molar-refractivity contribution is -0.384. The van der Waals surface area contributed by atoms with Gasteiger partial charge in [-0.3, -0.25) is 25.0 Å². The normalized spacial score (nSPS) is 14.5. The molecule has 10 nitrogen and oxygen atoms in total. The van der Waals surface area contributed by atoms with Gasteiger partial charge < -0.3 is 9.47 Å². The molecule has 0 aromatic heterocycles. The monoisotopic (exact) mass is 487 g/mol. The van der Waals surface area contributed by atoms with E-state index in [2.05, 4.69) is 5.32 Å². The standard InChI is InChI=1S/C26H21N3O7/c1-17-6-8-19(9-7-17)28-25(31)22(24(30)27-26(28)32)16-18-4-2-3-5-23(18)36-15-14-35-21-12-10-20(11-13-21)29(33)34/h2-13,16H,14-15H2,1H3,(H,27,30,32)/b22-16-. The Kier molecular flexibility index (Phi) is 7.05. The molecule has 1 fully saturated rings. The number of para-hydroxylation sites is 1. The minimum Gasteiger partial charge on any atom is -0.490 e. The molecule has 0 unspecified atom stereocenters. The van der Waals surface area contributed by atoms with Crippen LogP contribution in [0.25, 0.3) is 6.08 Å². The van der Waals surface area contributed by atoms with Gasteiger partial charge in [-0.1, -0.05) is 35.9 Å². The van der Waals surface area contributed by atoms with Crippen molar-refractivity contribution in [1.82, 2.24) is 5.32 Å². The van der Waals surface area contributed by atoms with E-state index in [0.717, 1.165) is 10.5 Å². The van der Waals surface area contributed by atoms with Gasteiger partial charge >= 0.3 is 6.03 Å². The predicted octanol–water partition coefficient (Wildman–Crippen LogP) is 4.03. The van der Waals surface area contributed by atoms with Crippen LogP contribution in [0.1, 0.15) is 11.1 Å². The van der Waals surface area contributed by atoms with Gasteiger partial charge in [-0.2, -0.15) is 0 Å². The third kappa shape index (κ3) is 5.39. The van der Waals surface area contributed by atoms with Gasteiger partial charge in [0.2, 0.25) is 0 Å². The fourth-order valence-electron chi connectivity index (χ4n) is 3.45. The van der Waals surface area contributed by atoms with Crippen molar-refractivity contribution in [3.63, 3.8) is 0 Å². The number of hydrogen-bond donors (Lipinski definition) is 1. The Balaban J connectivity index is 1.47. The summed E-state index contributed by atoms with van der Waals surface area (Å²) in [4.78, 5) is 49.1. The molecule has 1 N–H and O–H groups in total. The Bertz CT molecular complexity index is 1350. The van der Waals surface area contributed by atoms with Gasteiger partial charge in [-0.05, 0) is 43.3 Å². The third-order valence-electron chi connectivity index (χ3n) is 5.27. The zero-order chi connectivity index (χ0) is 25.7. The van der Waals surface area contributed by atoms with Gasteiger partial charge in [-0.15, -0.1) is 0 Å². The fourth-order valence-corrected chi connectivity index (χ4v) is 3.45. The fraction of sp³-hybridized carbons (Fsp3) is 0.115. The molecule has 1 aliphatic heterocycles. The van der Waals surface area contributed by atoms with Gasteiger partial charge in [0.1, 0.15) is 30.3 Å². The molecular formula is C26H21N3O7. The smallest absolute Gasteiger partial charge is 0.335 e. The maximum Gasteiger partial charge on any atom is 0.335 e. The number of hydrogen-bond acceptors (Lipinski definition) is 7. The highest BCUT2D eigenvalue weighted by Gasteiger charge is 2.36. The summed E-state index contributed by atoms with van der Waals surface area (Å²) in [6.07, 6.45) is 1.37. The lowest BCUT2D eigenvalue weighted by Gasteiger charge is -2.26. The summed E-state index contributed by atoms with van der Waals surface area (Å²) in [5.74, 6) is -0.699. The topological polar surface area (TPSA) is 128 Å². The molecule has 3 aromatic carbocycles. The largest absolute Gasteiger partial charge is 0.490 e. The highest BCUT2D eigenvalue weighted by Crippen LogP contribution is 2.26. The second kappa shape index (κ2) is 10.5. The molecule has 1 saturated heterocycles. The van der Waals surface area contributed by atoms with Crippen molar-refractivity contribution in [3.8, 4) is 11.5 Å². The number of nitro groups is 1. The number of anilines is 1. The zero-order valence-corrected chi connectivity index (χ0v) is 19.2. The van der Waals surface area contributed by atoms with Crippen LogP contribution in [0.5, 0.6) is 11.5 Å². The van der Waals surface area contributed by atoms with E-state index < -0.39 is 22.8 Å². The summed E-state index contributed by atoms with van der Waals surface area (Å²) in [5.41, 5.74) is 1.51. The number of nitrogens with zero attached hydrogens (tertiary/aromatic N) is 2. The van der Waals surface area contributed by atoms with Crippen LogP contribution in [0.15, 0.2) is 78.4 Å². The van der Waals surface area contributed by atoms with Crippen molar-refractivity contribution < 1.29 is 28.8 Å². The first kappa shape index (κ1) is 24.1. The van der Waals surface area contributed by atoms with Gasteiger partial charge in [-0.25, -0.2) is 9.69 Å². The minimum atomic E-state index is -0.820. The molecule has 0 aliphatic carbocycles. The van der Waals surface area contributed by atoms with Crippen LogP contribution >= 0.6 is 0 Å². The van der Waals surface area contributed by atoms with Crippen LogP contribution in [0.3, 0.4) is 0 Å². The summed E-state index contributed by atoms with van der Waals surface area (Å²) in [7, 11) is 0. The summed E-state index contributed by atoms with van der Waals surface area (Å²) >= 11 is 0. The Labute approximate surface area is 205 Å². The minimum absolute atomic E-state index is 0.0375. The maximum atomic E-state index is 13.1. The number of rotatable bonds is 8. The number of amides is 4. The van der Waals surface area contributed by atoms with Crippen LogP contribution in [-0.4, -0.2) is 36.0 Å². The van der Waals surface area contributed by atoms with Crippen LogP contribution in [0.4, 0.5) is 16.2 Å². The van der Waals surface area contributed by atoms with E-state index in [4.69, 9.17) is 9.47 Å². The van der Waals surface area contributed by atoms with Crippen molar-refractivity contribution in [2.24, 2.45) is 0 Å². The number of ether oxygens (including phenoxy) is 2. The summed E-state index contributed by atoms with van der Waals surface area (Å²) in [6, 6.07) is 18.4. The highest BCUT2D eigenvalue weighted by molar-refractivity contribution is 6.39. The van der Waals surface area contributed by atoms with Crippen molar-refractivity contribution in [1.29, 1.82) is 0 Å². The second-order valence-corrected chi connectivity index (χ2v) is 7.78. The van der Waals surface area contributed by atoms with Crippen molar-refractivity contribution in [2.75, 3.05) is 18.1 Å². The van der Waals surface area contributed by atoms with E-state index in [0.29, 0.717) is 22.7 Å². The van der Waals surface area contributed by atoms with E-state index >= 15 is 0 Å². The van der Waals surface area contributed by atoms with E-state index in [9.17, 15) is 24.5 Å². The number of aryl methyl sites for hydroxylation is 1. The molecule has 0 saturated carbocycles. The number of carbonyl (C=O) groups is 3. The van der Waals surface area contributed by atoms with Gasteiger partial charge in [0, 0.05) is 17.7 Å². The SMILES string of the molecule is Cc1ccc(N2C(=O)NC(=O)/C(=C/c3ccccc3OCCOc3ccc([N+](=O)[O-])cc3)C2=O)cc1. The number of non-ortho nitro benzene ring substituents is 1.